The third kappa shape index (κ3) is 3.97. The number of anilines is 3. The van der Waals surface area contributed by atoms with Crippen LogP contribution < -0.4 is 15.1 Å². The quantitative estimate of drug-likeness (QED) is 0.894. The number of likely N-dealkylation sites (N-methyl/N-ethyl adjacent to an activating group) is 1. The fourth-order valence-corrected chi connectivity index (χ4v) is 3.63. The van der Waals surface area contributed by atoms with Crippen molar-refractivity contribution in [2.24, 2.45) is 0 Å². The molecule has 27 heavy (non-hydrogen) atoms. The molecule has 5 nitrogen and oxygen atoms in total. The Bertz CT molecular complexity index is 862. The van der Waals surface area contributed by atoms with Gasteiger partial charge in [-0.05, 0) is 57.0 Å². The highest BCUT2D eigenvalue weighted by atomic mass is 16.2. The Labute approximate surface area is 161 Å². The minimum absolute atomic E-state index is 0.00536. The maximum absolute atomic E-state index is 13.3. The number of nitrogens with one attached hydrogen (secondary N) is 1. The van der Waals surface area contributed by atoms with E-state index in [9.17, 15) is 9.59 Å². The Balaban J connectivity index is 1.92. The maximum Gasteiger partial charge on any atom is 0.246 e. The molecule has 2 amide bonds. The number of hydrogen-bond acceptors (Lipinski definition) is 3. The standard InChI is InChI=1S/C22H27N3O2/c1-5-24(20-12-15(2)10-11-16(20)3)14-22(27)25-17(4)13-21(26)23-18-8-6-7-9-19(18)25/h6-12,17H,5,13-14H2,1-4H3,(H,23,26)/t17-/m1/s1. The molecule has 1 aliphatic heterocycles. The molecular weight excluding hydrogens is 338 g/mol. The van der Waals surface area contributed by atoms with Gasteiger partial charge in [0.05, 0.1) is 17.9 Å². The molecular formula is C22H27N3O2. The first kappa shape index (κ1) is 19.0. The summed E-state index contributed by atoms with van der Waals surface area (Å²) in [7, 11) is 0. The van der Waals surface area contributed by atoms with Crippen LogP contribution in [0.4, 0.5) is 17.1 Å². The largest absolute Gasteiger partial charge is 0.362 e. The third-order valence-electron chi connectivity index (χ3n) is 5.04. The molecule has 2 aromatic rings. The fraction of sp³-hybridized carbons (Fsp3) is 0.364. The van der Waals surface area contributed by atoms with Crippen molar-refractivity contribution >= 4 is 28.9 Å². The van der Waals surface area contributed by atoms with Crippen LogP contribution in [0.3, 0.4) is 0 Å². The molecule has 0 radical (unpaired) electrons. The van der Waals surface area contributed by atoms with Crippen LogP contribution in [0.15, 0.2) is 42.5 Å². The zero-order valence-electron chi connectivity index (χ0n) is 16.5. The summed E-state index contributed by atoms with van der Waals surface area (Å²) < 4.78 is 0. The zero-order valence-corrected chi connectivity index (χ0v) is 16.5. The van der Waals surface area contributed by atoms with Crippen LogP contribution >= 0.6 is 0 Å². The molecule has 0 aromatic heterocycles. The van der Waals surface area contributed by atoms with Gasteiger partial charge in [0.15, 0.2) is 0 Å². The number of rotatable bonds is 4. The summed E-state index contributed by atoms with van der Waals surface area (Å²) in [5.41, 5.74) is 4.85. The SMILES string of the molecule is CCN(CC(=O)N1c2ccccc2NC(=O)C[C@H]1C)c1cc(C)ccc1C. The lowest BCUT2D eigenvalue weighted by atomic mass is 10.1. The monoisotopic (exact) mass is 365 g/mol. The van der Waals surface area contributed by atoms with Crippen LogP contribution in [0.5, 0.6) is 0 Å². The van der Waals surface area contributed by atoms with E-state index in [1.165, 1.54) is 5.56 Å². The summed E-state index contributed by atoms with van der Waals surface area (Å²) in [5.74, 6) is -0.0682. The van der Waals surface area contributed by atoms with Crippen molar-refractivity contribution in [1.82, 2.24) is 0 Å². The minimum Gasteiger partial charge on any atom is -0.362 e. The normalized spacial score (nSPS) is 16.4. The molecule has 0 aliphatic carbocycles. The van der Waals surface area contributed by atoms with Gasteiger partial charge in [-0.3, -0.25) is 9.59 Å². The van der Waals surface area contributed by atoms with Gasteiger partial charge in [-0.15, -0.1) is 0 Å². The lowest BCUT2D eigenvalue weighted by Crippen LogP contribution is -2.45. The highest BCUT2D eigenvalue weighted by Gasteiger charge is 2.30. The van der Waals surface area contributed by atoms with Crippen LogP contribution in [0.1, 0.15) is 31.4 Å². The molecule has 0 saturated carbocycles. The smallest absolute Gasteiger partial charge is 0.246 e. The number of aryl methyl sites for hydroxylation is 2. The van der Waals surface area contributed by atoms with E-state index in [4.69, 9.17) is 0 Å². The Hall–Kier alpha value is -2.82. The number of fused-ring (bicyclic) bond motifs is 1. The van der Waals surface area contributed by atoms with Gasteiger partial charge >= 0.3 is 0 Å². The summed E-state index contributed by atoms with van der Waals surface area (Å²) in [6.07, 6.45) is 0.288. The number of amides is 2. The van der Waals surface area contributed by atoms with Gasteiger partial charge in [-0.25, -0.2) is 0 Å². The van der Waals surface area contributed by atoms with Crippen LogP contribution in [0, 0.1) is 13.8 Å². The summed E-state index contributed by atoms with van der Waals surface area (Å²) in [4.78, 5) is 29.3. The van der Waals surface area contributed by atoms with E-state index < -0.39 is 0 Å². The van der Waals surface area contributed by atoms with Gasteiger partial charge in [0, 0.05) is 24.7 Å². The summed E-state index contributed by atoms with van der Waals surface area (Å²) in [6.45, 7) is 9.11. The molecule has 0 spiro atoms. The van der Waals surface area contributed by atoms with Crippen LogP contribution in [-0.2, 0) is 9.59 Å². The Morgan fingerprint density at radius 2 is 1.96 bits per heavy atom. The first-order valence-electron chi connectivity index (χ1n) is 9.43. The second-order valence-corrected chi connectivity index (χ2v) is 7.19. The van der Waals surface area contributed by atoms with E-state index in [-0.39, 0.29) is 30.8 Å². The first-order valence-corrected chi connectivity index (χ1v) is 9.43. The number of benzene rings is 2. The van der Waals surface area contributed by atoms with Crippen molar-refractivity contribution in [2.75, 3.05) is 28.2 Å². The number of nitrogens with zero attached hydrogens (tertiary/aromatic N) is 2. The van der Waals surface area contributed by atoms with Crippen LogP contribution in [0.25, 0.3) is 0 Å². The highest BCUT2D eigenvalue weighted by molar-refractivity contribution is 6.05. The minimum atomic E-state index is -0.196. The van der Waals surface area contributed by atoms with Gasteiger partial charge in [0.25, 0.3) is 0 Å². The summed E-state index contributed by atoms with van der Waals surface area (Å²) >= 11 is 0. The Kier molecular flexibility index (Phi) is 5.49. The molecule has 5 heteroatoms. The van der Waals surface area contributed by atoms with Gasteiger partial charge < -0.3 is 15.1 Å². The topological polar surface area (TPSA) is 52.7 Å². The summed E-state index contributed by atoms with van der Waals surface area (Å²) in [5, 5.41) is 2.91. The van der Waals surface area contributed by atoms with Gasteiger partial charge in [-0.1, -0.05) is 24.3 Å². The van der Waals surface area contributed by atoms with Crippen molar-refractivity contribution in [3.63, 3.8) is 0 Å². The fourth-order valence-electron chi connectivity index (χ4n) is 3.63. The second-order valence-electron chi connectivity index (χ2n) is 7.19. The molecule has 0 fully saturated rings. The van der Waals surface area contributed by atoms with Gasteiger partial charge in [0.2, 0.25) is 11.8 Å². The molecule has 1 atom stereocenters. The molecule has 1 aliphatic rings. The lowest BCUT2D eigenvalue weighted by Gasteiger charge is -2.32. The van der Waals surface area contributed by atoms with Crippen LogP contribution in [-0.4, -0.2) is 30.9 Å². The van der Waals surface area contributed by atoms with E-state index in [1.807, 2.05) is 31.2 Å². The van der Waals surface area contributed by atoms with E-state index in [2.05, 4.69) is 49.2 Å². The highest BCUT2D eigenvalue weighted by Crippen LogP contribution is 2.32. The van der Waals surface area contributed by atoms with E-state index in [0.717, 1.165) is 23.5 Å². The van der Waals surface area contributed by atoms with Gasteiger partial charge in [0.1, 0.15) is 0 Å². The molecule has 3 rings (SSSR count). The molecule has 2 aromatic carbocycles. The van der Waals surface area contributed by atoms with Crippen LogP contribution in [0.2, 0.25) is 0 Å². The molecule has 0 saturated heterocycles. The molecule has 1 heterocycles. The number of carbonyl (C=O) groups excluding carboxylic acids is 2. The molecule has 0 unspecified atom stereocenters. The van der Waals surface area contributed by atoms with E-state index >= 15 is 0 Å². The molecule has 1 N–H and O–H groups in total. The summed E-state index contributed by atoms with van der Waals surface area (Å²) in [6, 6.07) is 13.6. The van der Waals surface area contributed by atoms with E-state index in [0.29, 0.717) is 5.69 Å². The number of para-hydroxylation sites is 2. The maximum atomic E-state index is 13.3. The number of hydrogen-bond donors (Lipinski definition) is 1. The predicted octanol–water partition coefficient (Wildman–Crippen LogP) is 3.89. The number of carbonyl (C=O) groups is 2. The van der Waals surface area contributed by atoms with Crippen molar-refractivity contribution in [3.05, 3.63) is 53.6 Å². The van der Waals surface area contributed by atoms with E-state index in [1.54, 1.807) is 4.90 Å². The van der Waals surface area contributed by atoms with Crippen molar-refractivity contribution < 1.29 is 9.59 Å². The lowest BCUT2D eigenvalue weighted by molar-refractivity contribution is -0.118. The predicted molar refractivity (Wildman–Crippen MR) is 110 cm³/mol. The average Bonchev–Trinajstić information content (AvgIpc) is 2.76. The molecule has 142 valence electrons. The second kappa shape index (κ2) is 7.82. The zero-order chi connectivity index (χ0) is 19.6. The first-order chi connectivity index (χ1) is 12.9. The van der Waals surface area contributed by atoms with Crippen molar-refractivity contribution in [3.8, 4) is 0 Å². The Morgan fingerprint density at radius 3 is 2.70 bits per heavy atom. The average molecular weight is 365 g/mol. The van der Waals surface area contributed by atoms with Crippen molar-refractivity contribution in [2.45, 2.75) is 40.2 Å². The third-order valence-corrected chi connectivity index (χ3v) is 5.04. The molecule has 0 bridgehead atoms. The Morgan fingerprint density at radius 1 is 1.22 bits per heavy atom. The van der Waals surface area contributed by atoms with Crippen molar-refractivity contribution in [1.29, 1.82) is 0 Å². The van der Waals surface area contributed by atoms with Gasteiger partial charge in [-0.2, -0.15) is 0 Å².